The standard InChI is InChI=1S/C13H21N3O2/c1-2-4-10(6-8-17)9-16-13-11(12(14)18)5-3-7-15-13/h3,5,7,10,17H,2,4,6,8-9H2,1H3,(H2,14,18)(H,15,16). The van der Waals surface area contributed by atoms with Gasteiger partial charge in [-0.05, 0) is 30.9 Å². The fraction of sp³-hybridized carbons (Fsp3) is 0.538. The van der Waals surface area contributed by atoms with Crippen LogP contribution in [0, 0.1) is 5.92 Å². The van der Waals surface area contributed by atoms with Crippen LogP contribution in [0.15, 0.2) is 18.3 Å². The number of nitrogens with zero attached hydrogens (tertiary/aromatic N) is 1. The molecule has 1 aromatic rings. The number of primary amides is 1. The zero-order chi connectivity index (χ0) is 13.4. The van der Waals surface area contributed by atoms with E-state index in [0.29, 0.717) is 23.8 Å². The molecule has 0 saturated heterocycles. The van der Waals surface area contributed by atoms with E-state index in [-0.39, 0.29) is 6.61 Å². The van der Waals surface area contributed by atoms with Crippen molar-refractivity contribution in [2.75, 3.05) is 18.5 Å². The van der Waals surface area contributed by atoms with Crippen LogP contribution in [0.4, 0.5) is 5.82 Å². The van der Waals surface area contributed by atoms with Crippen LogP contribution in [0.3, 0.4) is 0 Å². The number of rotatable bonds is 8. The molecule has 0 bridgehead atoms. The topological polar surface area (TPSA) is 88.2 Å². The van der Waals surface area contributed by atoms with Crippen molar-refractivity contribution in [3.8, 4) is 0 Å². The van der Waals surface area contributed by atoms with Gasteiger partial charge in [-0.3, -0.25) is 4.79 Å². The third-order valence-corrected chi connectivity index (χ3v) is 2.87. The lowest BCUT2D eigenvalue weighted by molar-refractivity contribution is 0.100. The molecule has 0 aromatic carbocycles. The molecule has 0 fully saturated rings. The molecule has 1 amide bonds. The van der Waals surface area contributed by atoms with Gasteiger partial charge in [0.05, 0.1) is 5.56 Å². The van der Waals surface area contributed by atoms with Crippen molar-refractivity contribution in [1.29, 1.82) is 0 Å². The molecule has 5 nitrogen and oxygen atoms in total. The van der Waals surface area contributed by atoms with Crippen molar-refractivity contribution in [3.05, 3.63) is 23.9 Å². The molecule has 1 unspecified atom stereocenters. The molecule has 1 rings (SSSR count). The number of aliphatic hydroxyl groups excluding tert-OH is 1. The summed E-state index contributed by atoms with van der Waals surface area (Å²) in [6.45, 7) is 2.98. The Morgan fingerprint density at radius 1 is 1.56 bits per heavy atom. The summed E-state index contributed by atoms with van der Waals surface area (Å²) in [4.78, 5) is 15.3. The molecule has 0 aliphatic rings. The minimum Gasteiger partial charge on any atom is -0.396 e. The van der Waals surface area contributed by atoms with E-state index in [1.54, 1.807) is 18.3 Å². The predicted octanol–water partition coefficient (Wildman–Crippen LogP) is 1.39. The number of carbonyl (C=O) groups excluding carboxylic acids is 1. The number of hydrogen-bond acceptors (Lipinski definition) is 4. The van der Waals surface area contributed by atoms with Gasteiger partial charge in [0.15, 0.2) is 0 Å². The molecular formula is C13H21N3O2. The van der Waals surface area contributed by atoms with E-state index >= 15 is 0 Å². The number of carbonyl (C=O) groups is 1. The fourth-order valence-electron chi connectivity index (χ4n) is 1.93. The number of pyridine rings is 1. The number of anilines is 1. The minimum absolute atomic E-state index is 0.178. The Kier molecular flexibility index (Phi) is 6.14. The molecule has 5 heteroatoms. The molecule has 1 heterocycles. The first kappa shape index (κ1) is 14.4. The monoisotopic (exact) mass is 251 g/mol. The predicted molar refractivity (Wildman–Crippen MR) is 71.3 cm³/mol. The summed E-state index contributed by atoms with van der Waals surface area (Å²) in [5.74, 6) is 0.409. The molecule has 100 valence electrons. The second kappa shape index (κ2) is 7.66. The Morgan fingerprint density at radius 2 is 2.33 bits per heavy atom. The van der Waals surface area contributed by atoms with Crippen molar-refractivity contribution >= 4 is 11.7 Å². The minimum atomic E-state index is -0.486. The summed E-state index contributed by atoms with van der Waals surface area (Å²) in [7, 11) is 0. The summed E-state index contributed by atoms with van der Waals surface area (Å²) in [6, 6.07) is 3.33. The second-order valence-electron chi connectivity index (χ2n) is 4.31. The van der Waals surface area contributed by atoms with E-state index < -0.39 is 5.91 Å². The largest absolute Gasteiger partial charge is 0.396 e. The number of amides is 1. The maximum Gasteiger partial charge on any atom is 0.252 e. The van der Waals surface area contributed by atoms with Crippen LogP contribution in [0.1, 0.15) is 36.5 Å². The van der Waals surface area contributed by atoms with Crippen LogP contribution in [-0.4, -0.2) is 29.1 Å². The molecule has 0 aliphatic carbocycles. The van der Waals surface area contributed by atoms with Gasteiger partial charge >= 0.3 is 0 Å². The van der Waals surface area contributed by atoms with Crippen molar-refractivity contribution in [2.45, 2.75) is 26.2 Å². The van der Waals surface area contributed by atoms with Gasteiger partial charge in [-0.15, -0.1) is 0 Å². The number of aliphatic hydroxyl groups is 1. The maximum atomic E-state index is 11.2. The van der Waals surface area contributed by atoms with E-state index in [4.69, 9.17) is 10.8 Å². The third-order valence-electron chi connectivity index (χ3n) is 2.87. The molecule has 4 N–H and O–H groups in total. The van der Waals surface area contributed by atoms with Crippen LogP contribution in [-0.2, 0) is 0 Å². The summed E-state index contributed by atoms with van der Waals surface area (Å²) in [5, 5.41) is 12.1. The molecule has 0 aliphatic heterocycles. The van der Waals surface area contributed by atoms with E-state index in [1.807, 2.05) is 0 Å². The fourth-order valence-corrected chi connectivity index (χ4v) is 1.93. The highest BCUT2D eigenvalue weighted by molar-refractivity contribution is 5.97. The van der Waals surface area contributed by atoms with Gasteiger partial charge < -0.3 is 16.2 Å². The lowest BCUT2D eigenvalue weighted by Gasteiger charge is -2.16. The average Bonchev–Trinajstić information content (AvgIpc) is 2.36. The second-order valence-corrected chi connectivity index (χ2v) is 4.31. The molecule has 0 radical (unpaired) electrons. The molecular weight excluding hydrogens is 230 g/mol. The van der Waals surface area contributed by atoms with Gasteiger partial charge in [-0.25, -0.2) is 4.98 Å². The zero-order valence-electron chi connectivity index (χ0n) is 10.7. The van der Waals surface area contributed by atoms with Crippen LogP contribution in [0.5, 0.6) is 0 Å². The summed E-state index contributed by atoms with van der Waals surface area (Å²) < 4.78 is 0. The quantitative estimate of drug-likeness (QED) is 0.651. The Hall–Kier alpha value is -1.62. The third kappa shape index (κ3) is 4.33. The first-order valence-corrected chi connectivity index (χ1v) is 6.28. The zero-order valence-corrected chi connectivity index (χ0v) is 10.7. The van der Waals surface area contributed by atoms with Crippen LogP contribution in [0.2, 0.25) is 0 Å². The Labute approximate surface area is 107 Å². The number of nitrogens with two attached hydrogens (primary N) is 1. The molecule has 1 aromatic heterocycles. The van der Waals surface area contributed by atoms with Crippen molar-refractivity contribution in [2.24, 2.45) is 11.7 Å². The lowest BCUT2D eigenvalue weighted by Crippen LogP contribution is -2.20. The van der Waals surface area contributed by atoms with Crippen molar-refractivity contribution < 1.29 is 9.90 Å². The SMILES string of the molecule is CCCC(CCO)CNc1ncccc1C(N)=O. The van der Waals surface area contributed by atoms with Crippen molar-refractivity contribution in [3.63, 3.8) is 0 Å². The Bertz CT molecular complexity index is 376. The average molecular weight is 251 g/mol. The Balaban J connectivity index is 2.63. The number of aromatic nitrogens is 1. The highest BCUT2D eigenvalue weighted by Gasteiger charge is 2.11. The molecule has 0 spiro atoms. The van der Waals surface area contributed by atoms with Crippen molar-refractivity contribution in [1.82, 2.24) is 4.98 Å². The van der Waals surface area contributed by atoms with Crippen LogP contribution < -0.4 is 11.1 Å². The first-order valence-electron chi connectivity index (χ1n) is 6.28. The molecule has 18 heavy (non-hydrogen) atoms. The van der Waals surface area contributed by atoms with Gasteiger partial charge in [0.2, 0.25) is 0 Å². The smallest absolute Gasteiger partial charge is 0.252 e. The highest BCUT2D eigenvalue weighted by Crippen LogP contribution is 2.15. The number of hydrogen-bond donors (Lipinski definition) is 3. The normalized spacial score (nSPS) is 12.1. The lowest BCUT2D eigenvalue weighted by atomic mass is 10.0. The number of nitrogens with one attached hydrogen (secondary N) is 1. The van der Waals surface area contributed by atoms with Gasteiger partial charge in [-0.2, -0.15) is 0 Å². The van der Waals surface area contributed by atoms with Crippen LogP contribution >= 0.6 is 0 Å². The van der Waals surface area contributed by atoms with E-state index in [9.17, 15) is 4.79 Å². The van der Waals surface area contributed by atoms with Gasteiger partial charge in [0, 0.05) is 19.3 Å². The molecule has 1 atom stereocenters. The van der Waals surface area contributed by atoms with E-state index in [1.165, 1.54) is 0 Å². The highest BCUT2D eigenvalue weighted by atomic mass is 16.3. The maximum absolute atomic E-state index is 11.2. The summed E-state index contributed by atoms with van der Waals surface area (Å²) in [6.07, 6.45) is 4.47. The molecule has 0 saturated carbocycles. The first-order chi connectivity index (χ1) is 8.69. The van der Waals surface area contributed by atoms with Gasteiger partial charge in [-0.1, -0.05) is 13.3 Å². The van der Waals surface area contributed by atoms with E-state index in [0.717, 1.165) is 19.3 Å². The van der Waals surface area contributed by atoms with Crippen LogP contribution in [0.25, 0.3) is 0 Å². The summed E-state index contributed by atoms with van der Waals surface area (Å²) >= 11 is 0. The Morgan fingerprint density at radius 3 is 2.94 bits per heavy atom. The van der Waals surface area contributed by atoms with Gasteiger partial charge in [0.25, 0.3) is 5.91 Å². The summed E-state index contributed by atoms with van der Waals surface area (Å²) in [5.41, 5.74) is 5.68. The van der Waals surface area contributed by atoms with Gasteiger partial charge in [0.1, 0.15) is 5.82 Å². The van der Waals surface area contributed by atoms with E-state index in [2.05, 4.69) is 17.2 Å².